The smallest absolute Gasteiger partial charge is 0.285 e. The molecule has 1 heterocycles. The molecule has 0 saturated carbocycles. The van der Waals surface area contributed by atoms with E-state index in [1.54, 1.807) is 24.0 Å². The van der Waals surface area contributed by atoms with Crippen LogP contribution in [0.3, 0.4) is 0 Å². The van der Waals surface area contributed by atoms with Gasteiger partial charge in [0.05, 0.1) is 11.5 Å². The van der Waals surface area contributed by atoms with Gasteiger partial charge in [0.25, 0.3) is 11.6 Å². The van der Waals surface area contributed by atoms with Crippen LogP contribution in [0, 0.1) is 10.1 Å². The van der Waals surface area contributed by atoms with Crippen molar-refractivity contribution in [1.82, 2.24) is 4.90 Å². The zero-order valence-electron chi connectivity index (χ0n) is 12.2. The second-order valence-corrected chi connectivity index (χ2v) is 5.05. The van der Waals surface area contributed by atoms with Gasteiger partial charge in [-0.15, -0.1) is 0 Å². The van der Waals surface area contributed by atoms with Crippen LogP contribution >= 0.6 is 0 Å². The lowest BCUT2D eigenvalue weighted by Gasteiger charge is -2.21. The summed E-state index contributed by atoms with van der Waals surface area (Å²) >= 11 is 0. The number of amides is 1. The standard InChI is InChI=1S/C15H20N2O4/c1-2-21-13-9-7-8-12(17(19)20)14(13)15(18)16-10-5-3-4-6-11-16/h7-9H,2-6,10-11H2,1H3. The predicted octanol–water partition coefficient (Wildman–Crippen LogP) is 3.01. The first-order valence-corrected chi connectivity index (χ1v) is 7.34. The van der Waals surface area contributed by atoms with E-state index in [1.807, 2.05) is 0 Å². The first-order valence-electron chi connectivity index (χ1n) is 7.34. The summed E-state index contributed by atoms with van der Waals surface area (Å²) in [5.74, 6) is -0.00593. The Labute approximate surface area is 123 Å². The zero-order valence-corrected chi connectivity index (χ0v) is 12.2. The van der Waals surface area contributed by atoms with Crippen LogP contribution in [0.4, 0.5) is 5.69 Å². The first-order chi connectivity index (χ1) is 10.1. The van der Waals surface area contributed by atoms with Crippen LogP contribution in [0.15, 0.2) is 18.2 Å². The summed E-state index contributed by atoms with van der Waals surface area (Å²) < 4.78 is 5.42. The number of ether oxygens (including phenoxy) is 1. The normalized spacial score (nSPS) is 15.4. The fraction of sp³-hybridized carbons (Fsp3) is 0.533. The quantitative estimate of drug-likeness (QED) is 0.631. The molecule has 0 unspecified atom stereocenters. The van der Waals surface area contributed by atoms with Crippen molar-refractivity contribution in [3.8, 4) is 5.75 Å². The maximum Gasteiger partial charge on any atom is 0.285 e. The number of benzene rings is 1. The average molecular weight is 292 g/mol. The van der Waals surface area contributed by atoms with Crippen molar-refractivity contribution in [2.24, 2.45) is 0 Å². The van der Waals surface area contributed by atoms with E-state index in [0.717, 1.165) is 25.7 Å². The first kappa shape index (κ1) is 15.3. The molecule has 2 rings (SSSR count). The Morgan fingerprint density at radius 1 is 1.29 bits per heavy atom. The van der Waals surface area contributed by atoms with Crippen LogP contribution in [-0.2, 0) is 0 Å². The van der Waals surface area contributed by atoms with Gasteiger partial charge in [-0.2, -0.15) is 0 Å². The van der Waals surface area contributed by atoms with Gasteiger partial charge >= 0.3 is 0 Å². The van der Waals surface area contributed by atoms with E-state index in [4.69, 9.17) is 4.74 Å². The van der Waals surface area contributed by atoms with E-state index in [2.05, 4.69) is 0 Å². The number of hydrogen-bond donors (Lipinski definition) is 0. The Kier molecular flexibility index (Phi) is 5.14. The number of carbonyl (C=O) groups is 1. The average Bonchev–Trinajstić information content (AvgIpc) is 2.75. The molecule has 114 valence electrons. The van der Waals surface area contributed by atoms with E-state index in [1.165, 1.54) is 6.07 Å². The zero-order chi connectivity index (χ0) is 15.2. The van der Waals surface area contributed by atoms with Gasteiger partial charge < -0.3 is 9.64 Å². The van der Waals surface area contributed by atoms with E-state index in [9.17, 15) is 14.9 Å². The summed E-state index contributed by atoms with van der Waals surface area (Å²) in [4.78, 5) is 25.1. The van der Waals surface area contributed by atoms with Gasteiger partial charge in [0.15, 0.2) is 5.56 Å². The summed E-state index contributed by atoms with van der Waals surface area (Å²) in [6.07, 6.45) is 4.07. The molecular weight excluding hydrogens is 272 g/mol. The molecular formula is C15H20N2O4. The Morgan fingerprint density at radius 3 is 2.52 bits per heavy atom. The third kappa shape index (κ3) is 3.51. The molecule has 1 fully saturated rings. The van der Waals surface area contributed by atoms with Gasteiger partial charge in [0.1, 0.15) is 5.75 Å². The molecule has 0 bridgehead atoms. The molecule has 0 spiro atoms. The second kappa shape index (κ2) is 7.06. The van der Waals surface area contributed by atoms with Crippen LogP contribution in [-0.4, -0.2) is 35.4 Å². The number of carbonyl (C=O) groups excluding carboxylic acids is 1. The fourth-order valence-corrected chi connectivity index (χ4v) is 2.59. The molecule has 1 aliphatic heterocycles. The molecule has 0 aliphatic carbocycles. The summed E-state index contributed by atoms with van der Waals surface area (Å²) in [5.41, 5.74) is -0.110. The van der Waals surface area contributed by atoms with Gasteiger partial charge in [0, 0.05) is 19.2 Å². The van der Waals surface area contributed by atoms with Crippen LogP contribution < -0.4 is 4.74 Å². The van der Waals surface area contributed by atoms with Gasteiger partial charge in [-0.05, 0) is 25.8 Å². The van der Waals surface area contributed by atoms with Crippen molar-refractivity contribution in [2.45, 2.75) is 32.6 Å². The summed E-state index contributed by atoms with van der Waals surface area (Å²) in [6.45, 7) is 3.45. The summed E-state index contributed by atoms with van der Waals surface area (Å²) in [7, 11) is 0. The van der Waals surface area contributed by atoms with Gasteiger partial charge in [0.2, 0.25) is 0 Å². The van der Waals surface area contributed by atoms with Crippen molar-refractivity contribution >= 4 is 11.6 Å². The molecule has 21 heavy (non-hydrogen) atoms. The highest BCUT2D eigenvalue weighted by atomic mass is 16.6. The number of nitrogens with zero attached hydrogens (tertiary/aromatic N) is 2. The Balaban J connectivity index is 2.39. The monoisotopic (exact) mass is 292 g/mol. The van der Waals surface area contributed by atoms with E-state index in [-0.39, 0.29) is 17.2 Å². The summed E-state index contributed by atoms with van der Waals surface area (Å²) in [5, 5.41) is 11.2. The van der Waals surface area contributed by atoms with Crippen molar-refractivity contribution < 1.29 is 14.5 Å². The Hall–Kier alpha value is -2.11. The highest BCUT2D eigenvalue weighted by Gasteiger charge is 2.29. The molecule has 0 atom stereocenters. The molecule has 0 aromatic heterocycles. The molecule has 1 amide bonds. The van der Waals surface area contributed by atoms with Crippen LogP contribution in [0.1, 0.15) is 43.0 Å². The number of nitro groups is 1. The van der Waals surface area contributed by atoms with E-state index < -0.39 is 4.92 Å². The van der Waals surface area contributed by atoms with Gasteiger partial charge in [-0.1, -0.05) is 18.9 Å². The van der Waals surface area contributed by atoms with Gasteiger partial charge in [-0.25, -0.2) is 0 Å². The molecule has 1 saturated heterocycles. The van der Waals surface area contributed by atoms with Crippen LogP contribution in [0.25, 0.3) is 0 Å². The SMILES string of the molecule is CCOc1cccc([N+](=O)[O-])c1C(=O)N1CCCCCC1. The maximum atomic E-state index is 12.7. The lowest BCUT2D eigenvalue weighted by atomic mass is 10.1. The minimum absolute atomic E-state index is 0.0752. The van der Waals surface area contributed by atoms with Crippen LogP contribution in [0.5, 0.6) is 5.75 Å². The van der Waals surface area contributed by atoms with Crippen molar-refractivity contribution in [3.63, 3.8) is 0 Å². The highest BCUT2D eigenvalue weighted by Crippen LogP contribution is 2.30. The topological polar surface area (TPSA) is 72.7 Å². The molecule has 6 heteroatoms. The van der Waals surface area contributed by atoms with E-state index >= 15 is 0 Å². The number of nitro benzene ring substituents is 1. The molecule has 1 aliphatic rings. The Bertz CT molecular complexity index is 522. The van der Waals surface area contributed by atoms with Crippen molar-refractivity contribution in [2.75, 3.05) is 19.7 Å². The molecule has 1 aromatic rings. The number of hydrogen-bond acceptors (Lipinski definition) is 4. The molecule has 0 radical (unpaired) electrons. The predicted molar refractivity (Wildman–Crippen MR) is 78.6 cm³/mol. The maximum absolute atomic E-state index is 12.7. The lowest BCUT2D eigenvalue weighted by molar-refractivity contribution is -0.385. The minimum atomic E-state index is -0.520. The van der Waals surface area contributed by atoms with Crippen molar-refractivity contribution in [3.05, 3.63) is 33.9 Å². The third-order valence-electron chi connectivity index (χ3n) is 3.61. The Morgan fingerprint density at radius 2 is 1.95 bits per heavy atom. The van der Waals surface area contributed by atoms with Crippen molar-refractivity contribution in [1.29, 1.82) is 0 Å². The molecule has 1 aromatic carbocycles. The minimum Gasteiger partial charge on any atom is -0.493 e. The largest absolute Gasteiger partial charge is 0.493 e. The highest BCUT2D eigenvalue weighted by molar-refractivity contribution is 6.01. The lowest BCUT2D eigenvalue weighted by Crippen LogP contribution is -2.32. The number of rotatable bonds is 4. The summed E-state index contributed by atoms with van der Waals surface area (Å²) in [6, 6.07) is 4.51. The second-order valence-electron chi connectivity index (χ2n) is 5.05. The number of likely N-dealkylation sites (tertiary alicyclic amines) is 1. The fourth-order valence-electron chi connectivity index (χ4n) is 2.59. The van der Waals surface area contributed by atoms with Crippen LogP contribution in [0.2, 0.25) is 0 Å². The third-order valence-corrected chi connectivity index (χ3v) is 3.61. The molecule has 6 nitrogen and oxygen atoms in total. The molecule has 0 N–H and O–H groups in total. The van der Waals surface area contributed by atoms with Gasteiger partial charge in [-0.3, -0.25) is 14.9 Å². The van der Waals surface area contributed by atoms with E-state index in [0.29, 0.717) is 25.4 Å².